The topological polar surface area (TPSA) is 58.2 Å². The van der Waals surface area contributed by atoms with Crippen molar-refractivity contribution in [1.29, 1.82) is 0 Å². The standard InChI is InChI=1S/C22H25ClN2O2/c1-15(25-21(26)13-23)17-8-6-16(7-9-17)14-24-22(27)20-11-10-18-4-2-3-5-19(18)12-20/h2-9,15,20H,10-14H2,1H3,(H,24,27)(H,25,26). The summed E-state index contributed by atoms with van der Waals surface area (Å²) in [5.41, 5.74) is 4.71. The number of nitrogens with one attached hydrogen (secondary N) is 2. The van der Waals surface area contributed by atoms with Crippen LogP contribution in [-0.2, 0) is 29.0 Å². The Labute approximate surface area is 165 Å². The zero-order chi connectivity index (χ0) is 19.2. The van der Waals surface area contributed by atoms with E-state index in [1.807, 2.05) is 37.3 Å². The molecule has 0 aliphatic heterocycles. The quantitative estimate of drug-likeness (QED) is 0.748. The monoisotopic (exact) mass is 384 g/mol. The molecule has 2 amide bonds. The summed E-state index contributed by atoms with van der Waals surface area (Å²) >= 11 is 5.52. The van der Waals surface area contributed by atoms with Crippen LogP contribution in [0.3, 0.4) is 0 Å². The van der Waals surface area contributed by atoms with E-state index in [4.69, 9.17) is 11.6 Å². The van der Waals surface area contributed by atoms with Crippen LogP contribution < -0.4 is 10.6 Å². The van der Waals surface area contributed by atoms with Gasteiger partial charge in [-0.15, -0.1) is 11.6 Å². The molecular weight excluding hydrogens is 360 g/mol. The van der Waals surface area contributed by atoms with Gasteiger partial charge in [0.2, 0.25) is 11.8 Å². The summed E-state index contributed by atoms with van der Waals surface area (Å²) in [6.45, 7) is 2.43. The van der Waals surface area contributed by atoms with Crippen molar-refractivity contribution in [1.82, 2.24) is 10.6 Å². The second-order valence-electron chi connectivity index (χ2n) is 7.09. The van der Waals surface area contributed by atoms with E-state index in [2.05, 4.69) is 28.8 Å². The van der Waals surface area contributed by atoms with Gasteiger partial charge in [-0.2, -0.15) is 0 Å². The minimum absolute atomic E-state index is 0.0416. The van der Waals surface area contributed by atoms with Gasteiger partial charge >= 0.3 is 0 Å². The van der Waals surface area contributed by atoms with Crippen LogP contribution in [0.1, 0.15) is 41.6 Å². The second kappa shape index (κ2) is 9.05. The fourth-order valence-electron chi connectivity index (χ4n) is 3.54. The first-order valence-corrected chi connectivity index (χ1v) is 9.89. The van der Waals surface area contributed by atoms with Crippen molar-refractivity contribution in [3.05, 3.63) is 70.8 Å². The molecule has 2 atom stereocenters. The highest BCUT2D eigenvalue weighted by Crippen LogP contribution is 2.25. The van der Waals surface area contributed by atoms with Gasteiger partial charge in [-0.1, -0.05) is 48.5 Å². The number of amides is 2. The lowest BCUT2D eigenvalue weighted by Crippen LogP contribution is -2.33. The highest BCUT2D eigenvalue weighted by atomic mass is 35.5. The molecule has 1 aliphatic rings. The van der Waals surface area contributed by atoms with E-state index in [9.17, 15) is 9.59 Å². The van der Waals surface area contributed by atoms with Gasteiger partial charge in [-0.05, 0) is 48.4 Å². The molecule has 0 radical (unpaired) electrons. The molecule has 5 heteroatoms. The van der Waals surface area contributed by atoms with Crippen molar-refractivity contribution in [3.8, 4) is 0 Å². The summed E-state index contributed by atoms with van der Waals surface area (Å²) in [6, 6.07) is 16.2. The molecule has 0 heterocycles. The van der Waals surface area contributed by atoms with Crippen molar-refractivity contribution in [2.24, 2.45) is 5.92 Å². The van der Waals surface area contributed by atoms with Crippen molar-refractivity contribution in [2.45, 2.75) is 38.8 Å². The van der Waals surface area contributed by atoms with Crippen molar-refractivity contribution >= 4 is 23.4 Å². The molecule has 0 saturated carbocycles. The van der Waals surface area contributed by atoms with Crippen LogP contribution in [0.4, 0.5) is 0 Å². The zero-order valence-corrected chi connectivity index (χ0v) is 16.3. The molecule has 4 nitrogen and oxygen atoms in total. The minimum Gasteiger partial charge on any atom is -0.352 e. The number of hydrogen-bond acceptors (Lipinski definition) is 2. The van der Waals surface area contributed by atoms with Crippen LogP contribution in [0.5, 0.6) is 0 Å². The molecule has 2 aromatic carbocycles. The van der Waals surface area contributed by atoms with E-state index in [1.165, 1.54) is 11.1 Å². The Morgan fingerprint density at radius 1 is 1.11 bits per heavy atom. The number of benzene rings is 2. The van der Waals surface area contributed by atoms with Gasteiger partial charge in [0.25, 0.3) is 0 Å². The molecule has 2 unspecified atom stereocenters. The number of hydrogen-bond donors (Lipinski definition) is 2. The fourth-order valence-corrected chi connectivity index (χ4v) is 3.62. The van der Waals surface area contributed by atoms with Gasteiger partial charge in [0.1, 0.15) is 5.88 Å². The summed E-state index contributed by atoms with van der Waals surface area (Å²) < 4.78 is 0. The highest BCUT2D eigenvalue weighted by Gasteiger charge is 2.24. The summed E-state index contributed by atoms with van der Waals surface area (Å²) in [5, 5.41) is 5.89. The predicted molar refractivity (Wildman–Crippen MR) is 108 cm³/mol. The van der Waals surface area contributed by atoms with Crippen LogP contribution in [0, 0.1) is 5.92 Å². The minimum atomic E-state index is -0.186. The lowest BCUT2D eigenvalue weighted by Gasteiger charge is -2.23. The lowest BCUT2D eigenvalue weighted by atomic mass is 9.83. The Hall–Kier alpha value is -2.33. The molecule has 27 heavy (non-hydrogen) atoms. The zero-order valence-electron chi connectivity index (χ0n) is 15.5. The molecule has 3 rings (SSSR count). The number of aryl methyl sites for hydroxylation is 1. The average Bonchev–Trinajstić information content (AvgIpc) is 2.71. The molecule has 1 aliphatic carbocycles. The van der Waals surface area contributed by atoms with E-state index in [-0.39, 0.29) is 29.7 Å². The molecular formula is C22H25ClN2O2. The number of fused-ring (bicyclic) bond motifs is 1. The SMILES string of the molecule is CC(NC(=O)CCl)c1ccc(CNC(=O)C2CCc3ccccc3C2)cc1. The van der Waals surface area contributed by atoms with Crippen LogP contribution in [0.25, 0.3) is 0 Å². The number of rotatable bonds is 6. The van der Waals surface area contributed by atoms with Crippen LogP contribution in [0.15, 0.2) is 48.5 Å². The third-order valence-corrected chi connectivity index (χ3v) is 5.41. The Morgan fingerprint density at radius 3 is 2.52 bits per heavy atom. The molecule has 0 spiro atoms. The van der Waals surface area contributed by atoms with E-state index in [0.29, 0.717) is 6.54 Å². The number of carbonyl (C=O) groups is 2. The van der Waals surface area contributed by atoms with Crippen molar-refractivity contribution in [2.75, 3.05) is 5.88 Å². The van der Waals surface area contributed by atoms with Crippen LogP contribution >= 0.6 is 11.6 Å². The second-order valence-corrected chi connectivity index (χ2v) is 7.36. The number of alkyl halides is 1. The van der Waals surface area contributed by atoms with Gasteiger partial charge < -0.3 is 10.6 Å². The van der Waals surface area contributed by atoms with Crippen molar-refractivity contribution in [3.63, 3.8) is 0 Å². The maximum absolute atomic E-state index is 12.5. The first-order chi connectivity index (χ1) is 13.1. The molecule has 0 bridgehead atoms. The summed E-state index contributed by atoms with van der Waals surface area (Å²) in [4.78, 5) is 23.9. The number of halogens is 1. The highest BCUT2D eigenvalue weighted by molar-refractivity contribution is 6.27. The first-order valence-electron chi connectivity index (χ1n) is 9.35. The maximum atomic E-state index is 12.5. The van der Waals surface area contributed by atoms with Gasteiger partial charge in [0, 0.05) is 12.5 Å². The smallest absolute Gasteiger partial charge is 0.235 e. The van der Waals surface area contributed by atoms with Gasteiger partial charge in [-0.3, -0.25) is 9.59 Å². The number of carbonyl (C=O) groups excluding carboxylic acids is 2. The Bertz CT molecular complexity index is 804. The van der Waals surface area contributed by atoms with Crippen LogP contribution in [-0.4, -0.2) is 17.7 Å². The third-order valence-electron chi connectivity index (χ3n) is 5.16. The largest absolute Gasteiger partial charge is 0.352 e. The average molecular weight is 385 g/mol. The van der Waals surface area contributed by atoms with Crippen molar-refractivity contribution < 1.29 is 9.59 Å². The van der Waals surface area contributed by atoms with Gasteiger partial charge in [0.15, 0.2) is 0 Å². The van der Waals surface area contributed by atoms with Gasteiger partial charge in [-0.25, -0.2) is 0 Å². The van der Waals surface area contributed by atoms with Crippen LogP contribution in [0.2, 0.25) is 0 Å². The molecule has 142 valence electrons. The Morgan fingerprint density at radius 2 is 1.81 bits per heavy atom. The first kappa shape index (κ1) is 19.4. The molecule has 2 aromatic rings. The Kier molecular flexibility index (Phi) is 6.51. The van der Waals surface area contributed by atoms with E-state index in [0.717, 1.165) is 30.4 Å². The summed E-state index contributed by atoms with van der Waals surface area (Å²) in [5.74, 6) is -0.0593. The predicted octanol–water partition coefficient (Wildman–Crippen LogP) is 3.52. The molecule has 2 N–H and O–H groups in total. The fraction of sp³-hybridized carbons (Fsp3) is 0.364. The normalized spacial score (nSPS) is 16.9. The van der Waals surface area contributed by atoms with E-state index < -0.39 is 0 Å². The van der Waals surface area contributed by atoms with E-state index in [1.54, 1.807) is 0 Å². The molecule has 0 saturated heterocycles. The summed E-state index contributed by atoms with van der Waals surface area (Å²) in [6.07, 6.45) is 2.69. The van der Waals surface area contributed by atoms with E-state index >= 15 is 0 Å². The molecule has 0 fully saturated rings. The molecule has 0 aromatic heterocycles. The van der Waals surface area contributed by atoms with Gasteiger partial charge in [0.05, 0.1) is 6.04 Å². The lowest BCUT2D eigenvalue weighted by molar-refractivity contribution is -0.125. The Balaban J connectivity index is 1.51. The maximum Gasteiger partial charge on any atom is 0.235 e. The summed E-state index contributed by atoms with van der Waals surface area (Å²) in [7, 11) is 0. The third kappa shape index (κ3) is 5.10.